The lowest BCUT2D eigenvalue weighted by molar-refractivity contribution is -0.0116. The Morgan fingerprint density at radius 3 is 2.44 bits per heavy atom. The topological polar surface area (TPSA) is 65.7 Å². The number of alkyl halides is 2. The molecule has 9 heteroatoms. The van der Waals surface area contributed by atoms with Crippen molar-refractivity contribution in [2.75, 3.05) is 49.1 Å². The van der Waals surface area contributed by atoms with E-state index in [1.165, 1.54) is 0 Å². The first-order valence-corrected chi connectivity index (χ1v) is 10.9. The predicted octanol–water partition coefficient (Wildman–Crippen LogP) is 3.73. The molecule has 2 aliphatic heterocycles. The molecule has 0 bridgehead atoms. The number of piperidine rings is 1. The number of hydrogen-bond donors (Lipinski definition) is 0. The molecule has 7 nitrogen and oxygen atoms in total. The van der Waals surface area contributed by atoms with Crippen LogP contribution in [0.1, 0.15) is 28.9 Å². The Hall–Kier alpha value is -3.23. The molecular weight excluding hydrogens is 416 g/mol. The van der Waals surface area contributed by atoms with Gasteiger partial charge < -0.3 is 19.1 Å². The Balaban J connectivity index is 1.21. The first kappa shape index (κ1) is 20.7. The molecule has 2 saturated heterocycles. The van der Waals surface area contributed by atoms with Gasteiger partial charge in [-0.05, 0) is 49.7 Å². The summed E-state index contributed by atoms with van der Waals surface area (Å²) in [6.07, 6.45) is 0.402. The van der Waals surface area contributed by atoms with Crippen LogP contribution in [0.5, 0.6) is 0 Å². The Kier molecular flexibility index (Phi) is 5.19. The van der Waals surface area contributed by atoms with Crippen molar-refractivity contribution in [1.29, 1.82) is 0 Å². The maximum atomic E-state index is 13.7. The van der Waals surface area contributed by atoms with Gasteiger partial charge in [0, 0.05) is 56.1 Å². The van der Waals surface area contributed by atoms with Crippen LogP contribution in [-0.2, 0) is 0 Å². The lowest BCUT2D eigenvalue weighted by Gasteiger charge is -2.35. The number of pyridine rings is 1. The number of carbonyl (C=O) groups is 1. The number of oxazole rings is 1. The average Bonchev–Trinajstić information content (AvgIpc) is 3.21. The zero-order valence-corrected chi connectivity index (χ0v) is 17.9. The lowest BCUT2D eigenvalue weighted by atomic mass is 10.1. The van der Waals surface area contributed by atoms with Crippen molar-refractivity contribution in [1.82, 2.24) is 14.9 Å². The number of carbonyl (C=O) groups excluding carboxylic acids is 1. The van der Waals surface area contributed by atoms with Gasteiger partial charge in [-0.15, -0.1) is 0 Å². The van der Waals surface area contributed by atoms with E-state index < -0.39 is 5.92 Å². The van der Waals surface area contributed by atoms with Gasteiger partial charge in [0.25, 0.3) is 17.8 Å². The standard InChI is InChI=1S/C23H25F2N5O2/c1-16-3-8-19-20(26-16)27-22(32-19)29-13-11-28(12-14-29)21(31)17-4-6-18(7-5-17)30-10-2-9-23(24,25)15-30/h3-8H,2,9-15H2,1H3. The second kappa shape index (κ2) is 8.03. The number of halogens is 2. The molecule has 2 aromatic heterocycles. The summed E-state index contributed by atoms with van der Waals surface area (Å²) in [5.41, 5.74) is 3.41. The minimum absolute atomic E-state index is 0.0602. The number of aryl methyl sites for hydroxylation is 1. The number of fused-ring (bicyclic) bond motifs is 1. The highest BCUT2D eigenvalue weighted by molar-refractivity contribution is 5.94. The van der Waals surface area contributed by atoms with Crippen LogP contribution in [0.3, 0.4) is 0 Å². The predicted molar refractivity (Wildman–Crippen MR) is 117 cm³/mol. The van der Waals surface area contributed by atoms with Crippen LogP contribution >= 0.6 is 0 Å². The summed E-state index contributed by atoms with van der Waals surface area (Å²) in [4.78, 5) is 27.3. The molecule has 1 amide bonds. The Morgan fingerprint density at radius 1 is 0.969 bits per heavy atom. The molecule has 168 valence electrons. The van der Waals surface area contributed by atoms with Crippen LogP contribution in [0.2, 0.25) is 0 Å². The van der Waals surface area contributed by atoms with Crippen LogP contribution in [0.4, 0.5) is 20.5 Å². The molecule has 4 heterocycles. The number of nitrogens with zero attached hydrogens (tertiary/aromatic N) is 5. The highest BCUT2D eigenvalue weighted by atomic mass is 19.3. The van der Waals surface area contributed by atoms with Gasteiger partial charge in [0.05, 0.1) is 6.54 Å². The van der Waals surface area contributed by atoms with E-state index in [1.807, 2.05) is 24.0 Å². The van der Waals surface area contributed by atoms with E-state index in [2.05, 4.69) is 9.97 Å². The number of hydrogen-bond acceptors (Lipinski definition) is 6. The van der Waals surface area contributed by atoms with Crippen molar-refractivity contribution in [3.63, 3.8) is 0 Å². The summed E-state index contributed by atoms with van der Waals surface area (Å²) < 4.78 is 33.2. The van der Waals surface area contributed by atoms with E-state index in [0.29, 0.717) is 62.0 Å². The molecule has 0 aliphatic carbocycles. The van der Waals surface area contributed by atoms with Gasteiger partial charge in [-0.2, -0.15) is 4.98 Å². The van der Waals surface area contributed by atoms with Crippen LogP contribution < -0.4 is 9.80 Å². The van der Waals surface area contributed by atoms with Crippen molar-refractivity contribution in [2.45, 2.75) is 25.7 Å². The zero-order valence-electron chi connectivity index (χ0n) is 17.9. The Labute approximate surface area is 184 Å². The maximum Gasteiger partial charge on any atom is 0.300 e. The van der Waals surface area contributed by atoms with Gasteiger partial charge in [0.1, 0.15) is 0 Å². The molecule has 2 fully saturated rings. The second-order valence-electron chi connectivity index (χ2n) is 8.48. The molecular formula is C23H25F2N5O2. The maximum absolute atomic E-state index is 13.7. The third-order valence-corrected chi connectivity index (χ3v) is 6.09. The van der Waals surface area contributed by atoms with Gasteiger partial charge in [-0.25, -0.2) is 13.8 Å². The largest absolute Gasteiger partial charge is 0.422 e. The Bertz CT molecular complexity index is 1120. The molecule has 0 atom stereocenters. The molecule has 0 N–H and O–H groups in total. The zero-order chi connectivity index (χ0) is 22.3. The van der Waals surface area contributed by atoms with Crippen LogP contribution in [-0.4, -0.2) is 66.0 Å². The van der Waals surface area contributed by atoms with Gasteiger partial charge in [0.15, 0.2) is 5.58 Å². The second-order valence-corrected chi connectivity index (χ2v) is 8.48. The van der Waals surface area contributed by atoms with Crippen LogP contribution in [0.25, 0.3) is 11.2 Å². The molecule has 0 unspecified atom stereocenters. The summed E-state index contributed by atoms with van der Waals surface area (Å²) in [5.74, 6) is -2.72. The first-order valence-electron chi connectivity index (χ1n) is 10.9. The van der Waals surface area contributed by atoms with E-state index >= 15 is 0 Å². The molecule has 2 aliphatic rings. The van der Waals surface area contributed by atoms with Gasteiger partial charge >= 0.3 is 0 Å². The molecule has 0 radical (unpaired) electrons. The van der Waals surface area contributed by atoms with Crippen LogP contribution in [0, 0.1) is 6.92 Å². The summed E-state index contributed by atoms with van der Waals surface area (Å²) in [6.45, 7) is 4.56. The fraction of sp³-hybridized carbons (Fsp3) is 0.435. The van der Waals surface area contributed by atoms with Crippen molar-refractivity contribution in [3.8, 4) is 0 Å². The van der Waals surface area contributed by atoms with Gasteiger partial charge in [-0.3, -0.25) is 4.79 Å². The van der Waals surface area contributed by atoms with Gasteiger partial charge in [0.2, 0.25) is 5.65 Å². The van der Waals surface area contributed by atoms with E-state index in [1.54, 1.807) is 34.1 Å². The fourth-order valence-corrected chi connectivity index (χ4v) is 4.32. The lowest BCUT2D eigenvalue weighted by Crippen LogP contribution is -2.49. The summed E-state index contributed by atoms with van der Waals surface area (Å²) in [6, 6.07) is 11.2. The number of benzene rings is 1. The summed E-state index contributed by atoms with van der Waals surface area (Å²) in [7, 11) is 0. The van der Waals surface area contributed by atoms with Crippen molar-refractivity contribution >= 4 is 28.8 Å². The van der Waals surface area contributed by atoms with Gasteiger partial charge in [-0.1, -0.05) is 0 Å². The SMILES string of the molecule is Cc1ccc2oc(N3CCN(C(=O)c4ccc(N5CCCC(F)(F)C5)cc4)CC3)nc2n1. The quantitative estimate of drug-likeness (QED) is 0.617. The monoisotopic (exact) mass is 441 g/mol. The summed E-state index contributed by atoms with van der Waals surface area (Å²) in [5, 5.41) is 0. The number of aromatic nitrogens is 2. The molecule has 32 heavy (non-hydrogen) atoms. The summed E-state index contributed by atoms with van der Waals surface area (Å²) >= 11 is 0. The molecule has 3 aromatic rings. The number of anilines is 2. The van der Waals surface area contributed by atoms with E-state index in [9.17, 15) is 13.6 Å². The van der Waals surface area contributed by atoms with Crippen molar-refractivity contribution in [3.05, 3.63) is 47.7 Å². The minimum atomic E-state index is -2.66. The average molecular weight is 441 g/mol. The highest BCUT2D eigenvalue weighted by Crippen LogP contribution is 2.30. The molecule has 1 aromatic carbocycles. The third-order valence-electron chi connectivity index (χ3n) is 6.09. The van der Waals surface area contributed by atoms with E-state index in [0.717, 1.165) is 11.4 Å². The van der Waals surface area contributed by atoms with E-state index in [-0.39, 0.29) is 18.9 Å². The fourth-order valence-electron chi connectivity index (χ4n) is 4.32. The third kappa shape index (κ3) is 4.11. The molecule has 0 spiro atoms. The first-order chi connectivity index (χ1) is 15.4. The number of piperazine rings is 1. The van der Waals surface area contributed by atoms with Crippen molar-refractivity contribution in [2.24, 2.45) is 0 Å². The molecule has 5 rings (SSSR count). The number of amides is 1. The van der Waals surface area contributed by atoms with E-state index in [4.69, 9.17) is 4.42 Å². The normalized spacial score (nSPS) is 18.9. The minimum Gasteiger partial charge on any atom is -0.422 e. The Morgan fingerprint density at radius 2 is 1.72 bits per heavy atom. The highest BCUT2D eigenvalue weighted by Gasteiger charge is 2.35. The smallest absolute Gasteiger partial charge is 0.300 e. The number of rotatable bonds is 3. The van der Waals surface area contributed by atoms with Crippen LogP contribution in [0.15, 0.2) is 40.8 Å². The molecule has 0 saturated carbocycles. The van der Waals surface area contributed by atoms with Crippen molar-refractivity contribution < 1.29 is 18.0 Å².